The Morgan fingerprint density at radius 3 is 2.46 bits per heavy atom. The van der Waals surface area contributed by atoms with Crippen molar-refractivity contribution < 1.29 is 13.2 Å². The molecule has 0 saturated heterocycles. The summed E-state index contributed by atoms with van der Waals surface area (Å²) in [5, 5.41) is 2.82. The molecule has 2 aromatic rings. The zero-order valence-corrected chi connectivity index (χ0v) is 16.3. The third-order valence-corrected chi connectivity index (χ3v) is 5.50. The van der Waals surface area contributed by atoms with Crippen LogP contribution >= 0.6 is 0 Å². The van der Waals surface area contributed by atoms with Gasteiger partial charge in [0.05, 0.1) is 4.90 Å². The van der Waals surface area contributed by atoms with Crippen molar-refractivity contribution in [2.24, 2.45) is 5.73 Å². The number of benzene rings is 2. The van der Waals surface area contributed by atoms with Gasteiger partial charge in [-0.1, -0.05) is 18.2 Å². The van der Waals surface area contributed by atoms with Crippen LogP contribution in [0.15, 0.2) is 47.4 Å². The van der Waals surface area contributed by atoms with Crippen LogP contribution in [0.5, 0.6) is 0 Å². The zero-order valence-electron chi connectivity index (χ0n) is 15.5. The summed E-state index contributed by atoms with van der Waals surface area (Å²) in [6.45, 7) is 7.50. The van der Waals surface area contributed by atoms with Crippen molar-refractivity contribution in [1.29, 1.82) is 0 Å². The number of amides is 1. The van der Waals surface area contributed by atoms with Gasteiger partial charge < -0.3 is 11.1 Å². The SMILES string of the molecule is Cc1ccc(C)c(S(=O)(=O)Nc2cccc(C(=O)NC(C)(C)CN)c2)c1. The van der Waals surface area contributed by atoms with Gasteiger partial charge in [0, 0.05) is 23.3 Å². The Kier molecular flexibility index (Phi) is 5.73. The molecule has 4 N–H and O–H groups in total. The maximum atomic E-state index is 12.7. The molecule has 0 heterocycles. The molecule has 0 aromatic heterocycles. The summed E-state index contributed by atoms with van der Waals surface area (Å²) in [6, 6.07) is 11.6. The Bertz CT molecular complexity index is 921. The van der Waals surface area contributed by atoms with Crippen molar-refractivity contribution in [3.63, 3.8) is 0 Å². The standard InChI is InChI=1S/C19H25N3O3S/c1-13-8-9-14(2)17(10-13)26(24,25)22-16-7-5-6-15(11-16)18(23)21-19(3,4)12-20/h5-11,22H,12,20H2,1-4H3,(H,21,23). The first-order valence-corrected chi connectivity index (χ1v) is 9.75. The monoisotopic (exact) mass is 375 g/mol. The van der Waals surface area contributed by atoms with Gasteiger partial charge in [0.15, 0.2) is 0 Å². The predicted molar refractivity (Wildman–Crippen MR) is 104 cm³/mol. The largest absolute Gasteiger partial charge is 0.346 e. The van der Waals surface area contributed by atoms with Crippen LogP contribution in [0, 0.1) is 13.8 Å². The molecular weight excluding hydrogens is 350 g/mol. The van der Waals surface area contributed by atoms with Crippen LogP contribution < -0.4 is 15.8 Å². The molecule has 26 heavy (non-hydrogen) atoms. The number of carbonyl (C=O) groups excluding carboxylic acids is 1. The molecular formula is C19H25N3O3S. The molecule has 1 amide bonds. The molecule has 2 aromatic carbocycles. The maximum absolute atomic E-state index is 12.7. The van der Waals surface area contributed by atoms with Crippen molar-refractivity contribution in [2.45, 2.75) is 38.1 Å². The van der Waals surface area contributed by atoms with E-state index in [2.05, 4.69) is 10.0 Å². The fourth-order valence-corrected chi connectivity index (χ4v) is 3.74. The molecule has 0 bridgehead atoms. The van der Waals surface area contributed by atoms with Crippen LogP contribution in [0.1, 0.15) is 35.3 Å². The van der Waals surface area contributed by atoms with Crippen molar-refractivity contribution >= 4 is 21.6 Å². The molecule has 0 fully saturated rings. The Labute approximate surface area is 154 Å². The van der Waals surface area contributed by atoms with E-state index in [0.29, 0.717) is 16.8 Å². The molecule has 0 atom stereocenters. The van der Waals surface area contributed by atoms with E-state index in [-0.39, 0.29) is 17.3 Å². The van der Waals surface area contributed by atoms with E-state index in [1.165, 1.54) is 6.07 Å². The van der Waals surface area contributed by atoms with E-state index in [1.807, 2.05) is 26.8 Å². The quantitative estimate of drug-likeness (QED) is 0.722. The molecule has 2 rings (SSSR count). The Balaban J connectivity index is 2.28. The Morgan fingerprint density at radius 2 is 1.81 bits per heavy atom. The first kappa shape index (κ1) is 19.9. The maximum Gasteiger partial charge on any atom is 0.262 e. The van der Waals surface area contributed by atoms with Crippen LogP contribution in [-0.2, 0) is 10.0 Å². The zero-order chi connectivity index (χ0) is 19.5. The van der Waals surface area contributed by atoms with E-state index >= 15 is 0 Å². The topological polar surface area (TPSA) is 101 Å². The average Bonchev–Trinajstić information content (AvgIpc) is 2.56. The molecule has 0 saturated carbocycles. The van der Waals surface area contributed by atoms with E-state index in [1.54, 1.807) is 37.3 Å². The lowest BCUT2D eigenvalue weighted by Gasteiger charge is -2.24. The van der Waals surface area contributed by atoms with Crippen LogP contribution in [0.4, 0.5) is 5.69 Å². The minimum Gasteiger partial charge on any atom is -0.346 e. The van der Waals surface area contributed by atoms with Gasteiger partial charge in [0.25, 0.3) is 15.9 Å². The Morgan fingerprint density at radius 1 is 1.12 bits per heavy atom. The molecule has 6 nitrogen and oxygen atoms in total. The fourth-order valence-electron chi connectivity index (χ4n) is 2.36. The fraction of sp³-hybridized carbons (Fsp3) is 0.316. The highest BCUT2D eigenvalue weighted by Gasteiger charge is 2.21. The number of anilines is 1. The summed E-state index contributed by atoms with van der Waals surface area (Å²) >= 11 is 0. The number of carbonyl (C=O) groups is 1. The molecule has 0 radical (unpaired) electrons. The second-order valence-corrected chi connectivity index (χ2v) is 8.65. The number of nitrogens with two attached hydrogens (primary N) is 1. The van der Waals surface area contributed by atoms with Gasteiger partial charge in [-0.25, -0.2) is 8.42 Å². The number of hydrogen-bond donors (Lipinski definition) is 3. The lowest BCUT2D eigenvalue weighted by Crippen LogP contribution is -2.48. The summed E-state index contributed by atoms with van der Waals surface area (Å²) in [6.07, 6.45) is 0. The number of nitrogens with one attached hydrogen (secondary N) is 2. The molecule has 7 heteroatoms. The third-order valence-electron chi connectivity index (χ3n) is 3.97. The van der Waals surface area contributed by atoms with Crippen molar-refractivity contribution in [1.82, 2.24) is 5.32 Å². The predicted octanol–water partition coefficient (Wildman–Crippen LogP) is 2.57. The molecule has 0 aliphatic rings. The summed E-state index contributed by atoms with van der Waals surface area (Å²) in [5.74, 6) is -0.312. The van der Waals surface area contributed by atoms with Crippen LogP contribution in [0.25, 0.3) is 0 Å². The lowest BCUT2D eigenvalue weighted by molar-refractivity contribution is 0.0915. The van der Waals surface area contributed by atoms with E-state index in [0.717, 1.165) is 5.56 Å². The number of rotatable bonds is 6. The second-order valence-electron chi connectivity index (χ2n) is 7.00. The molecule has 0 spiro atoms. The number of sulfonamides is 1. The van der Waals surface area contributed by atoms with Crippen molar-refractivity contribution in [3.8, 4) is 0 Å². The van der Waals surface area contributed by atoms with E-state index < -0.39 is 15.6 Å². The molecule has 0 aliphatic heterocycles. The van der Waals surface area contributed by atoms with Gasteiger partial charge in [-0.15, -0.1) is 0 Å². The molecule has 140 valence electrons. The normalized spacial score (nSPS) is 11.9. The summed E-state index contributed by atoms with van der Waals surface area (Å²) in [4.78, 5) is 12.6. The molecule has 0 aliphatic carbocycles. The van der Waals surface area contributed by atoms with Crippen LogP contribution in [-0.4, -0.2) is 26.4 Å². The van der Waals surface area contributed by atoms with Gasteiger partial charge in [-0.3, -0.25) is 9.52 Å². The second kappa shape index (κ2) is 7.47. The third kappa shape index (κ3) is 4.83. The summed E-state index contributed by atoms with van der Waals surface area (Å²) in [5.41, 5.74) is 7.27. The van der Waals surface area contributed by atoms with E-state index in [4.69, 9.17) is 5.73 Å². The minimum atomic E-state index is -3.75. The first-order chi connectivity index (χ1) is 12.0. The van der Waals surface area contributed by atoms with Crippen LogP contribution in [0.3, 0.4) is 0 Å². The number of hydrogen-bond acceptors (Lipinski definition) is 4. The first-order valence-electron chi connectivity index (χ1n) is 8.27. The minimum absolute atomic E-state index is 0.219. The smallest absolute Gasteiger partial charge is 0.262 e. The van der Waals surface area contributed by atoms with Crippen LogP contribution in [0.2, 0.25) is 0 Å². The highest BCUT2D eigenvalue weighted by atomic mass is 32.2. The van der Waals surface area contributed by atoms with Gasteiger partial charge in [0.1, 0.15) is 0 Å². The highest BCUT2D eigenvalue weighted by Crippen LogP contribution is 2.21. The van der Waals surface area contributed by atoms with E-state index in [9.17, 15) is 13.2 Å². The highest BCUT2D eigenvalue weighted by molar-refractivity contribution is 7.92. The van der Waals surface area contributed by atoms with Crippen molar-refractivity contribution in [2.75, 3.05) is 11.3 Å². The van der Waals surface area contributed by atoms with Gasteiger partial charge in [-0.2, -0.15) is 0 Å². The van der Waals surface area contributed by atoms with Crippen molar-refractivity contribution in [3.05, 3.63) is 59.2 Å². The Hall–Kier alpha value is -2.38. The summed E-state index contributed by atoms with van der Waals surface area (Å²) < 4.78 is 27.9. The van der Waals surface area contributed by atoms with Gasteiger partial charge >= 0.3 is 0 Å². The lowest BCUT2D eigenvalue weighted by atomic mass is 10.1. The average molecular weight is 375 g/mol. The van der Waals surface area contributed by atoms with Gasteiger partial charge in [0.2, 0.25) is 0 Å². The van der Waals surface area contributed by atoms with Gasteiger partial charge in [-0.05, 0) is 63.1 Å². The summed E-state index contributed by atoms with van der Waals surface area (Å²) in [7, 11) is -3.75. The number of aryl methyl sites for hydroxylation is 2. The molecule has 0 unspecified atom stereocenters.